The average Bonchev–Trinajstić information content (AvgIpc) is 3.32. The van der Waals surface area contributed by atoms with Crippen LogP contribution in [0.1, 0.15) is 48.6 Å². The Kier molecular flexibility index (Phi) is 8.72. The number of pyridine rings is 1. The molecule has 1 amide bonds. The van der Waals surface area contributed by atoms with Gasteiger partial charge in [0.05, 0.1) is 6.33 Å². The summed E-state index contributed by atoms with van der Waals surface area (Å²) in [6.45, 7) is 1.80. The van der Waals surface area contributed by atoms with Gasteiger partial charge in [-0.15, -0.1) is 0 Å². The predicted octanol–water partition coefficient (Wildman–Crippen LogP) is 3.67. The summed E-state index contributed by atoms with van der Waals surface area (Å²) in [5, 5.41) is 0. The Bertz CT molecular complexity index is 899. The maximum Gasteiger partial charge on any atom is 0.222 e. The van der Waals surface area contributed by atoms with Crippen LogP contribution >= 0.6 is 0 Å². The van der Waals surface area contributed by atoms with E-state index < -0.39 is 0 Å². The number of nitrogens with two attached hydrogens (primary N) is 1. The molecule has 2 heterocycles. The Morgan fingerprint density at radius 3 is 2.65 bits per heavy atom. The SMILES string of the molecule is NCCCC(=O)N(CCCC(c1ccc(F)cc1)c1ccccn1)CCc1cnc[nH]1. The Hall–Kier alpha value is -3.06. The number of hydrogen-bond acceptors (Lipinski definition) is 4. The third kappa shape index (κ3) is 7.00. The highest BCUT2D eigenvalue weighted by Gasteiger charge is 2.18. The standard InChI is InChI=1S/C24H30FN5O/c25-20-10-8-19(9-11-20)22(23-6-1-2-14-28-23)5-4-15-30(24(31)7-3-13-26)16-12-21-17-27-18-29-21/h1-2,6,8-11,14,17-18,22H,3-5,7,12-13,15-16,26H2,(H,27,29). The zero-order valence-electron chi connectivity index (χ0n) is 17.7. The number of halogens is 1. The van der Waals surface area contributed by atoms with Crippen LogP contribution in [0, 0.1) is 5.82 Å². The molecule has 0 aliphatic carbocycles. The van der Waals surface area contributed by atoms with Crippen LogP contribution in [0.5, 0.6) is 0 Å². The molecule has 7 heteroatoms. The van der Waals surface area contributed by atoms with Gasteiger partial charge in [-0.25, -0.2) is 9.37 Å². The maximum absolute atomic E-state index is 13.4. The van der Waals surface area contributed by atoms with E-state index in [1.54, 1.807) is 18.7 Å². The quantitative estimate of drug-likeness (QED) is 0.465. The molecule has 0 fully saturated rings. The van der Waals surface area contributed by atoms with Gasteiger partial charge in [0, 0.05) is 55.6 Å². The molecular formula is C24H30FN5O. The van der Waals surface area contributed by atoms with Crippen molar-refractivity contribution in [2.24, 2.45) is 5.73 Å². The molecule has 0 bridgehead atoms. The van der Waals surface area contributed by atoms with E-state index in [1.165, 1.54) is 12.1 Å². The molecule has 1 unspecified atom stereocenters. The molecule has 1 aromatic carbocycles. The molecule has 0 saturated carbocycles. The topological polar surface area (TPSA) is 87.9 Å². The largest absolute Gasteiger partial charge is 0.348 e. The summed E-state index contributed by atoms with van der Waals surface area (Å²) in [5.41, 5.74) is 8.58. The highest BCUT2D eigenvalue weighted by molar-refractivity contribution is 5.76. The van der Waals surface area contributed by atoms with Crippen molar-refractivity contribution in [2.45, 2.75) is 38.0 Å². The molecule has 0 aliphatic heterocycles. The van der Waals surface area contributed by atoms with E-state index >= 15 is 0 Å². The molecule has 0 spiro atoms. The lowest BCUT2D eigenvalue weighted by Gasteiger charge is -2.24. The number of carbonyl (C=O) groups excluding carboxylic acids is 1. The molecule has 3 N–H and O–H groups in total. The van der Waals surface area contributed by atoms with Gasteiger partial charge in [0.2, 0.25) is 5.91 Å². The predicted molar refractivity (Wildman–Crippen MR) is 119 cm³/mol. The van der Waals surface area contributed by atoms with Gasteiger partial charge < -0.3 is 15.6 Å². The Balaban J connectivity index is 1.65. The number of amides is 1. The molecule has 0 aliphatic rings. The van der Waals surface area contributed by atoms with Gasteiger partial charge in [-0.1, -0.05) is 18.2 Å². The van der Waals surface area contributed by atoms with Crippen molar-refractivity contribution in [3.63, 3.8) is 0 Å². The van der Waals surface area contributed by atoms with E-state index in [4.69, 9.17) is 5.73 Å². The van der Waals surface area contributed by atoms with E-state index in [0.717, 1.165) is 36.2 Å². The van der Waals surface area contributed by atoms with Crippen LogP contribution in [0.3, 0.4) is 0 Å². The van der Waals surface area contributed by atoms with Gasteiger partial charge in [-0.2, -0.15) is 0 Å². The number of H-pyrrole nitrogens is 1. The van der Waals surface area contributed by atoms with Crippen LogP contribution < -0.4 is 5.73 Å². The van der Waals surface area contributed by atoms with E-state index in [1.807, 2.05) is 35.2 Å². The first-order valence-corrected chi connectivity index (χ1v) is 10.8. The summed E-state index contributed by atoms with van der Waals surface area (Å²) in [4.78, 5) is 26.3. The molecule has 0 radical (unpaired) electrons. The summed E-state index contributed by atoms with van der Waals surface area (Å²) in [5.74, 6) is -0.0736. The number of hydrogen-bond donors (Lipinski definition) is 2. The fourth-order valence-electron chi connectivity index (χ4n) is 3.70. The molecule has 3 rings (SSSR count). The number of nitrogens with one attached hydrogen (secondary N) is 1. The van der Waals surface area contributed by atoms with Gasteiger partial charge in [-0.05, 0) is 55.6 Å². The minimum absolute atomic E-state index is 0.0513. The lowest BCUT2D eigenvalue weighted by molar-refractivity contribution is -0.131. The zero-order chi connectivity index (χ0) is 21.9. The first-order valence-electron chi connectivity index (χ1n) is 10.8. The van der Waals surface area contributed by atoms with Crippen LogP contribution in [0.4, 0.5) is 4.39 Å². The van der Waals surface area contributed by atoms with Crippen LogP contribution in [-0.2, 0) is 11.2 Å². The number of rotatable bonds is 12. The van der Waals surface area contributed by atoms with Gasteiger partial charge in [0.15, 0.2) is 0 Å². The van der Waals surface area contributed by atoms with Gasteiger partial charge in [-0.3, -0.25) is 9.78 Å². The fraction of sp³-hybridized carbons (Fsp3) is 0.375. The van der Waals surface area contributed by atoms with E-state index in [-0.39, 0.29) is 17.6 Å². The smallest absolute Gasteiger partial charge is 0.222 e. The maximum atomic E-state index is 13.4. The van der Waals surface area contributed by atoms with Crippen LogP contribution in [0.15, 0.2) is 61.2 Å². The minimum Gasteiger partial charge on any atom is -0.348 e. The number of benzene rings is 1. The van der Waals surface area contributed by atoms with Crippen molar-refractivity contribution in [1.82, 2.24) is 19.9 Å². The van der Waals surface area contributed by atoms with Crippen LogP contribution in [0.2, 0.25) is 0 Å². The van der Waals surface area contributed by atoms with E-state index in [2.05, 4.69) is 15.0 Å². The van der Waals surface area contributed by atoms with Crippen molar-refractivity contribution in [3.05, 3.63) is 84.0 Å². The monoisotopic (exact) mass is 423 g/mol. The summed E-state index contributed by atoms with van der Waals surface area (Å²) in [7, 11) is 0. The number of carbonyl (C=O) groups is 1. The van der Waals surface area contributed by atoms with Crippen LogP contribution in [-0.4, -0.2) is 45.4 Å². The summed E-state index contributed by atoms with van der Waals surface area (Å²) in [6.07, 6.45) is 8.72. The molecule has 31 heavy (non-hydrogen) atoms. The lowest BCUT2D eigenvalue weighted by Crippen LogP contribution is -2.34. The second-order valence-electron chi connectivity index (χ2n) is 7.60. The summed E-state index contributed by atoms with van der Waals surface area (Å²) >= 11 is 0. The summed E-state index contributed by atoms with van der Waals surface area (Å²) in [6, 6.07) is 12.5. The van der Waals surface area contributed by atoms with Crippen molar-refractivity contribution in [3.8, 4) is 0 Å². The first-order chi connectivity index (χ1) is 15.2. The molecule has 6 nitrogen and oxygen atoms in total. The second-order valence-corrected chi connectivity index (χ2v) is 7.60. The highest BCUT2D eigenvalue weighted by atomic mass is 19.1. The van der Waals surface area contributed by atoms with Gasteiger partial charge in [0.25, 0.3) is 0 Å². The van der Waals surface area contributed by atoms with Crippen molar-refractivity contribution >= 4 is 5.91 Å². The van der Waals surface area contributed by atoms with E-state index in [9.17, 15) is 9.18 Å². The zero-order valence-corrected chi connectivity index (χ0v) is 17.7. The van der Waals surface area contributed by atoms with Crippen molar-refractivity contribution in [2.75, 3.05) is 19.6 Å². The molecule has 164 valence electrons. The Morgan fingerprint density at radius 2 is 1.97 bits per heavy atom. The van der Waals surface area contributed by atoms with Gasteiger partial charge in [0.1, 0.15) is 5.82 Å². The summed E-state index contributed by atoms with van der Waals surface area (Å²) < 4.78 is 13.4. The highest BCUT2D eigenvalue weighted by Crippen LogP contribution is 2.28. The molecular weight excluding hydrogens is 393 g/mol. The normalized spacial score (nSPS) is 11.9. The number of imidazole rings is 1. The van der Waals surface area contributed by atoms with Crippen LogP contribution in [0.25, 0.3) is 0 Å². The number of nitrogens with zero attached hydrogens (tertiary/aromatic N) is 3. The second kappa shape index (κ2) is 12.0. The number of aromatic nitrogens is 3. The Morgan fingerprint density at radius 1 is 1.13 bits per heavy atom. The third-order valence-corrected chi connectivity index (χ3v) is 5.39. The minimum atomic E-state index is -0.251. The average molecular weight is 424 g/mol. The van der Waals surface area contributed by atoms with Gasteiger partial charge >= 0.3 is 0 Å². The Labute approximate surface area is 182 Å². The third-order valence-electron chi connectivity index (χ3n) is 5.39. The molecule has 1 atom stereocenters. The van der Waals surface area contributed by atoms with Crippen molar-refractivity contribution in [1.29, 1.82) is 0 Å². The number of aromatic amines is 1. The van der Waals surface area contributed by atoms with Crippen molar-refractivity contribution < 1.29 is 9.18 Å². The first kappa shape index (κ1) is 22.6. The molecule has 2 aromatic heterocycles. The van der Waals surface area contributed by atoms with E-state index in [0.29, 0.717) is 32.5 Å². The fourth-order valence-corrected chi connectivity index (χ4v) is 3.70. The lowest BCUT2D eigenvalue weighted by atomic mass is 9.90. The molecule has 3 aromatic rings. The molecule has 0 saturated heterocycles.